The number of carbonyl (C=O) groups is 3. The van der Waals surface area contributed by atoms with Crippen molar-refractivity contribution in [2.24, 2.45) is 0 Å². The molecule has 10 nitrogen and oxygen atoms in total. The van der Waals surface area contributed by atoms with Crippen molar-refractivity contribution in [2.45, 2.75) is 19.0 Å². The lowest BCUT2D eigenvalue weighted by molar-refractivity contribution is -0.137. The summed E-state index contributed by atoms with van der Waals surface area (Å²) in [7, 11) is 0. The lowest BCUT2D eigenvalue weighted by Gasteiger charge is -2.19. The molecule has 0 atom stereocenters. The van der Waals surface area contributed by atoms with Gasteiger partial charge in [0.2, 0.25) is 0 Å². The highest BCUT2D eigenvalue weighted by Crippen LogP contribution is 2.44. The first-order valence-corrected chi connectivity index (χ1v) is 12.5. The lowest BCUT2D eigenvalue weighted by atomic mass is 9.98. The van der Waals surface area contributed by atoms with E-state index < -0.39 is 24.5 Å². The van der Waals surface area contributed by atoms with E-state index in [4.69, 9.17) is 4.74 Å². The Morgan fingerprint density at radius 1 is 0.923 bits per heavy atom. The predicted molar refractivity (Wildman–Crippen MR) is 142 cm³/mol. The average Bonchev–Trinajstić information content (AvgIpc) is 3.54. The zero-order chi connectivity index (χ0) is 27.2. The van der Waals surface area contributed by atoms with Gasteiger partial charge in [-0.15, -0.1) is 5.10 Å². The first kappa shape index (κ1) is 25.7. The zero-order valence-electron chi connectivity index (χ0n) is 21.1. The number of amides is 2. The average molecular weight is 526 g/mol. The molecule has 39 heavy (non-hydrogen) atoms. The molecule has 0 saturated carbocycles. The van der Waals surface area contributed by atoms with E-state index in [9.17, 15) is 19.5 Å². The van der Waals surface area contributed by atoms with Crippen molar-refractivity contribution in [3.8, 4) is 11.1 Å². The molecule has 4 aromatic rings. The molecule has 0 unspecified atom stereocenters. The Kier molecular flexibility index (Phi) is 7.63. The van der Waals surface area contributed by atoms with Gasteiger partial charge in [-0.3, -0.25) is 9.59 Å². The predicted octanol–water partition coefficient (Wildman–Crippen LogP) is 3.54. The molecule has 5 rings (SSSR count). The van der Waals surface area contributed by atoms with Crippen LogP contribution in [0.1, 0.15) is 33.1 Å². The van der Waals surface area contributed by atoms with Crippen molar-refractivity contribution in [1.29, 1.82) is 0 Å². The van der Waals surface area contributed by atoms with Crippen LogP contribution in [-0.4, -0.2) is 62.7 Å². The molecule has 2 amide bonds. The maximum Gasteiger partial charge on any atom is 0.407 e. The largest absolute Gasteiger partial charge is 0.480 e. The standard InChI is InChI=1S/C29H27N5O5/c35-27(36)18-33(16-20-8-2-1-3-9-20)28(37)26-17-34(32-31-26)15-14-30-29(38)39-19-25-23-12-6-4-10-21(23)22-11-5-7-13-24(22)25/h1-13,17,25H,14-16,18-19H2,(H,30,38)(H,35,36). The number of carbonyl (C=O) groups excluding carboxylic acids is 2. The van der Waals surface area contributed by atoms with Crippen LogP contribution in [0.5, 0.6) is 0 Å². The summed E-state index contributed by atoms with van der Waals surface area (Å²) in [5.74, 6) is -1.70. The maximum atomic E-state index is 12.9. The van der Waals surface area contributed by atoms with Gasteiger partial charge in [0.15, 0.2) is 5.69 Å². The minimum atomic E-state index is -1.13. The molecular formula is C29H27N5O5. The van der Waals surface area contributed by atoms with Gasteiger partial charge in [-0.1, -0.05) is 84.1 Å². The molecule has 1 aliphatic carbocycles. The van der Waals surface area contributed by atoms with Gasteiger partial charge < -0.3 is 20.1 Å². The van der Waals surface area contributed by atoms with Gasteiger partial charge in [-0.2, -0.15) is 0 Å². The van der Waals surface area contributed by atoms with E-state index >= 15 is 0 Å². The molecule has 1 heterocycles. The topological polar surface area (TPSA) is 127 Å². The lowest BCUT2D eigenvalue weighted by Crippen LogP contribution is -2.35. The van der Waals surface area contributed by atoms with Crippen molar-refractivity contribution in [3.05, 3.63) is 107 Å². The number of alkyl carbamates (subject to hydrolysis) is 1. The Morgan fingerprint density at radius 2 is 1.56 bits per heavy atom. The summed E-state index contributed by atoms with van der Waals surface area (Å²) in [6, 6.07) is 25.3. The molecule has 0 saturated heterocycles. The summed E-state index contributed by atoms with van der Waals surface area (Å²) < 4.78 is 6.95. The summed E-state index contributed by atoms with van der Waals surface area (Å²) >= 11 is 0. The van der Waals surface area contributed by atoms with Crippen molar-refractivity contribution >= 4 is 18.0 Å². The van der Waals surface area contributed by atoms with Gasteiger partial charge in [0, 0.05) is 19.0 Å². The number of rotatable bonds is 10. The first-order valence-electron chi connectivity index (χ1n) is 12.5. The molecule has 10 heteroatoms. The molecule has 0 fully saturated rings. The number of carboxylic acid groups (broad SMARTS) is 1. The monoisotopic (exact) mass is 525 g/mol. The Balaban J connectivity index is 1.13. The van der Waals surface area contributed by atoms with Crippen LogP contribution in [0, 0.1) is 0 Å². The van der Waals surface area contributed by atoms with Crippen LogP contribution in [0.15, 0.2) is 85.1 Å². The highest BCUT2D eigenvalue weighted by molar-refractivity contribution is 5.93. The van der Waals surface area contributed by atoms with Crippen LogP contribution in [0.2, 0.25) is 0 Å². The van der Waals surface area contributed by atoms with Crippen LogP contribution in [-0.2, 0) is 22.6 Å². The SMILES string of the molecule is O=C(O)CN(Cc1ccccc1)C(=O)c1cn(CCNC(=O)OCC2c3ccccc3-c3ccccc32)nn1. The van der Waals surface area contributed by atoms with E-state index in [0.29, 0.717) is 0 Å². The minimum absolute atomic E-state index is 0.0216. The van der Waals surface area contributed by atoms with Gasteiger partial charge in [-0.25, -0.2) is 9.48 Å². The van der Waals surface area contributed by atoms with Gasteiger partial charge in [0.25, 0.3) is 5.91 Å². The Morgan fingerprint density at radius 3 is 2.23 bits per heavy atom. The fraction of sp³-hybridized carbons (Fsp3) is 0.207. The molecule has 1 aliphatic rings. The van der Waals surface area contributed by atoms with Gasteiger partial charge in [0.05, 0.1) is 12.7 Å². The molecule has 198 valence electrons. The molecule has 2 N–H and O–H groups in total. The van der Waals surface area contributed by atoms with E-state index in [0.717, 1.165) is 27.8 Å². The molecular weight excluding hydrogens is 498 g/mol. The summed E-state index contributed by atoms with van der Waals surface area (Å²) in [6.45, 7) is 0.327. The van der Waals surface area contributed by atoms with E-state index in [1.54, 1.807) is 0 Å². The third kappa shape index (κ3) is 5.96. The van der Waals surface area contributed by atoms with E-state index in [2.05, 4.69) is 39.9 Å². The molecule has 0 bridgehead atoms. The van der Waals surface area contributed by atoms with Crippen molar-refractivity contribution in [1.82, 2.24) is 25.2 Å². The smallest absolute Gasteiger partial charge is 0.407 e. The van der Waals surface area contributed by atoms with Gasteiger partial charge in [-0.05, 0) is 27.8 Å². The number of fused-ring (bicyclic) bond motifs is 3. The van der Waals surface area contributed by atoms with E-state index in [1.165, 1.54) is 15.8 Å². The van der Waals surface area contributed by atoms with Crippen LogP contribution < -0.4 is 5.32 Å². The number of aliphatic carboxylic acids is 1. The second-order valence-corrected chi connectivity index (χ2v) is 9.16. The van der Waals surface area contributed by atoms with Crippen molar-refractivity contribution in [3.63, 3.8) is 0 Å². The minimum Gasteiger partial charge on any atom is -0.480 e. The fourth-order valence-corrected chi connectivity index (χ4v) is 4.76. The summed E-state index contributed by atoms with van der Waals surface area (Å²) in [6.07, 6.45) is 0.880. The number of nitrogens with one attached hydrogen (secondary N) is 1. The fourth-order valence-electron chi connectivity index (χ4n) is 4.76. The van der Waals surface area contributed by atoms with Gasteiger partial charge in [0.1, 0.15) is 13.2 Å². The first-order chi connectivity index (χ1) is 19.0. The second-order valence-electron chi connectivity index (χ2n) is 9.16. The zero-order valence-corrected chi connectivity index (χ0v) is 21.1. The van der Waals surface area contributed by atoms with Crippen LogP contribution >= 0.6 is 0 Å². The number of nitrogens with zero attached hydrogens (tertiary/aromatic N) is 4. The molecule has 0 spiro atoms. The number of carboxylic acids is 1. The number of aromatic nitrogens is 3. The molecule has 1 aromatic heterocycles. The summed E-state index contributed by atoms with van der Waals surface area (Å²) in [4.78, 5) is 37.8. The summed E-state index contributed by atoms with van der Waals surface area (Å²) in [5, 5.41) is 19.8. The summed E-state index contributed by atoms with van der Waals surface area (Å²) in [5.41, 5.74) is 5.40. The highest BCUT2D eigenvalue weighted by Gasteiger charge is 2.29. The Labute approximate surface area is 224 Å². The van der Waals surface area contributed by atoms with Crippen molar-refractivity contribution in [2.75, 3.05) is 19.7 Å². The molecule has 3 aromatic carbocycles. The Hall–Kier alpha value is -4.99. The third-order valence-electron chi connectivity index (χ3n) is 6.54. The Bertz CT molecular complexity index is 1440. The van der Waals surface area contributed by atoms with Crippen LogP contribution in [0.3, 0.4) is 0 Å². The van der Waals surface area contributed by atoms with E-state index in [1.807, 2.05) is 54.6 Å². The number of hydrogen-bond donors (Lipinski definition) is 2. The van der Waals surface area contributed by atoms with Crippen LogP contribution in [0.25, 0.3) is 11.1 Å². The number of benzene rings is 3. The number of ether oxygens (including phenoxy) is 1. The maximum absolute atomic E-state index is 12.9. The molecule has 0 radical (unpaired) electrons. The highest BCUT2D eigenvalue weighted by atomic mass is 16.5. The van der Waals surface area contributed by atoms with E-state index in [-0.39, 0.29) is 37.9 Å². The number of hydrogen-bond acceptors (Lipinski definition) is 6. The third-order valence-corrected chi connectivity index (χ3v) is 6.54. The second kappa shape index (κ2) is 11.6. The quantitative estimate of drug-likeness (QED) is 0.324. The molecule has 0 aliphatic heterocycles. The van der Waals surface area contributed by atoms with Gasteiger partial charge >= 0.3 is 12.1 Å². The van der Waals surface area contributed by atoms with Crippen molar-refractivity contribution < 1.29 is 24.2 Å². The normalized spacial score (nSPS) is 11.9. The van der Waals surface area contributed by atoms with Crippen LogP contribution in [0.4, 0.5) is 4.79 Å².